The van der Waals surface area contributed by atoms with Gasteiger partial charge in [0.25, 0.3) is 0 Å². The molecule has 0 N–H and O–H groups in total. The predicted octanol–water partition coefficient (Wildman–Crippen LogP) is 9.77. The van der Waals surface area contributed by atoms with Crippen molar-refractivity contribution in [1.29, 1.82) is 0 Å². The first-order chi connectivity index (χ1) is 10.7. The molecular weight excluding hydrogens is 264 g/mol. The highest BCUT2D eigenvalue weighted by Gasteiger charge is 2.11. The Labute approximate surface area is 147 Å². The first-order valence-electron chi connectivity index (χ1n) is 10.7. The fourth-order valence-corrected chi connectivity index (χ4v) is 1.86. The average molecular weight is 321 g/mol. The lowest BCUT2D eigenvalue weighted by atomic mass is 9.86. The minimum atomic E-state index is 0.949. The summed E-state index contributed by atoms with van der Waals surface area (Å²) in [5.74, 6) is 1.92. The molecule has 22 heavy (non-hydrogen) atoms. The maximum atomic E-state index is 2.41. The van der Waals surface area contributed by atoms with Crippen LogP contribution in [0.1, 0.15) is 135 Å². The van der Waals surface area contributed by atoms with Crippen molar-refractivity contribution in [2.75, 3.05) is 0 Å². The summed E-state index contributed by atoms with van der Waals surface area (Å²) in [7, 11) is 0. The zero-order valence-corrected chi connectivity index (χ0v) is 19.4. The summed E-state index contributed by atoms with van der Waals surface area (Å²) in [6, 6.07) is 0. The van der Waals surface area contributed by atoms with Gasteiger partial charge in [0.15, 0.2) is 0 Å². The Morgan fingerprint density at radius 2 is 0.864 bits per heavy atom. The van der Waals surface area contributed by atoms with Crippen molar-refractivity contribution < 1.29 is 0 Å². The highest BCUT2D eigenvalue weighted by molar-refractivity contribution is 4.63. The van der Waals surface area contributed by atoms with Gasteiger partial charge < -0.3 is 0 Å². The van der Waals surface area contributed by atoms with Crippen LogP contribution in [-0.2, 0) is 0 Å². The highest BCUT2D eigenvalue weighted by Crippen LogP contribution is 2.23. The third-order valence-electron chi connectivity index (χ3n) is 2.87. The Hall–Kier alpha value is 0. The topological polar surface area (TPSA) is 0 Å². The van der Waals surface area contributed by atoms with Crippen molar-refractivity contribution >= 4 is 0 Å². The summed E-state index contributed by atoms with van der Waals surface area (Å²) in [6.07, 6.45) is 8.17. The first kappa shape index (κ1) is 37.9. The molecule has 0 aromatic rings. The van der Waals surface area contributed by atoms with Gasteiger partial charge in [-0.2, -0.15) is 0 Å². The smallest absolute Gasteiger partial charge is 0.0394 e. The second kappa shape index (κ2) is 58.3. The van der Waals surface area contributed by atoms with Gasteiger partial charge >= 0.3 is 0 Å². The Kier molecular flexibility index (Phi) is 100. The zero-order valence-electron chi connectivity index (χ0n) is 19.4. The van der Waals surface area contributed by atoms with E-state index in [1.165, 1.54) is 38.5 Å². The molecule has 0 fully saturated rings. The summed E-state index contributed by atoms with van der Waals surface area (Å²) in [4.78, 5) is 0. The Morgan fingerprint density at radius 1 is 0.591 bits per heavy atom. The second-order valence-electron chi connectivity index (χ2n) is 4.40. The van der Waals surface area contributed by atoms with Crippen molar-refractivity contribution in [3.05, 3.63) is 0 Å². The number of hydrogen-bond donors (Lipinski definition) is 0. The fourth-order valence-electron chi connectivity index (χ4n) is 1.86. The molecule has 0 spiro atoms. The maximum absolute atomic E-state index is 2.41. The fraction of sp³-hybridized carbons (Fsp3) is 1.00. The van der Waals surface area contributed by atoms with Crippen LogP contribution in [0.3, 0.4) is 0 Å². The van der Waals surface area contributed by atoms with Crippen LogP contribution in [0, 0.1) is 11.8 Å². The summed E-state index contributed by atoms with van der Waals surface area (Å²) >= 11 is 0. The quantitative estimate of drug-likeness (QED) is 0.456. The minimum Gasteiger partial charge on any atom is -0.0683 e. The summed E-state index contributed by atoms with van der Waals surface area (Å²) in [5, 5.41) is 0. The van der Waals surface area contributed by atoms with E-state index >= 15 is 0 Å². The van der Waals surface area contributed by atoms with E-state index < -0.39 is 0 Å². The molecule has 0 heterocycles. The lowest BCUT2D eigenvalue weighted by molar-refractivity contribution is 0.312. The van der Waals surface area contributed by atoms with Crippen LogP contribution in [0.2, 0.25) is 0 Å². The van der Waals surface area contributed by atoms with E-state index in [1.54, 1.807) is 0 Å². The molecule has 0 aliphatic heterocycles. The third-order valence-corrected chi connectivity index (χ3v) is 2.87. The van der Waals surface area contributed by atoms with E-state index in [0.29, 0.717) is 0 Å². The van der Waals surface area contributed by atoms with Gasteiger partial charge in [-0.1, -0.05) is 135 Å². The molecule has 144 valence electrons. The van der Waals surface area contributed by atoms with Gasteiger partial charge in [-0.05, 0) is 11.8 Å². The molecule has 0 aliphatic rings. The molecule has 1 atom stereocenters. The maximum Gasteiger partial charge on any atom is -0.0394 e. The van der Waals surface area contributed by atoms with E-state index in [9.17, 15) is 0 Å². The van der Waals surface area contributed by atoms with Crippen LogP contribution in [-0.4, -0.2) is 0 Å². The van der Waals surface area contributed by atoms with E-state index in [0.717, 1.165) is 11.8 Å². The normalized spacial score (nSPS) is 8.86. The lowest BCUT2D eigenvalue weighted by Crippen LogP contribution is -2.09. The van der Waals surface area contributed by atoms with Crippen LogP contribution in [0.25, 0.3) is 0 Å². The molecule has 0 aromatic carbocycles. The van der Waals surface area contributed by atoms with Crippen molar-refractivity contribution in [2.24, 2.45) is 11.8 Å². The third kappa shape index (κ3) is 50.1. The minimum absolute atomic E-state index is 0.949. The van der Waals surface area contributed by atoms with Crippen LogP contribution in [0.4, 0.5) is 0 Å². The molecule has 0 heteroatoms. The lowest BCUT2D eigenvalue weighted by Gasteiger charge is -2.20. The van der Waals surface area contributed by atoms with Crippen LogP contribution in [0.15, 0.2) is 0 Å². The first-order valence-corrected chi connectivity index (χ1v) is 10.7. The van der Waals surface area contributed by atoms with Gasteiger partial charge in [-0.3, -0.25) is 0 Å². The van der Waals surface area contributed by atoms with E-state index in [4.69, 9.17) is 0 Å². The Bertz CT molecular complexity index is 82.0. The molecular formula is C22H56. The monoisotopic (exact) mass is 320 g/mol. The molecule has 0 rings (SSSR count). The molecule has 1 unspecified atom stereocenters. The number of rotatable bonds is 6. The molecule has 0 nitrogen and oxygen atoms in total. The standard InChI is InChI=1S/C11H24.C3H8.4C2H6/c1-5-8-9-10(4)11(6-2)7-3;1-3-2;4*1-2/h10-11H,5-9H2,1-4H3;3H2,1-2H3;4*1-2H3. The van der Waals surface area contributed by atoms with Crippen molar-refractivity contribution in [3.63, 3.8) is 0 Å². The molecule has 0 aromatic heterocycles. The van der Waals surface area contributed by atoms with Crippen molar-refractivity contribution in [1.82, 2.24) is 0 Å². The van der Waals surface area contributed by atoms with Crippen LogP contribution in [0.5, 0.6) is 0 Å². The SMILES string of the molecule is CC.CC.CC.CC.CCC.CCCCC(C)C(CC)CC. The van der Waals surface area contributed by atoms with Gasteiger partial charge in [-0.15, -0.1) is 0 Å². The molecule has 0 radical (unpaired) electrons. The highest BCUT2D eigenvalue weighted by atomic mass is 14.2. The largest absolute Gasteiger partial charge is 0.0683 e. The number of unbranched alkanes of at least 4 members (excludes halogenated alkanes) is 1. The van der Waals surface area contributed by atoms with E-state index in [2.05, 4.69) is 41.5 Å². The molecule has 0 saturated carbocycles. The molecule has 0 saturated heterocycles. The van der Waals surface area contributed by atoms with E-state index in [1.807, 2.05) is 55.4 Å². The summed E-state index contributed by atoms with van der Waals surface area (Å²) < 4.78 is 0. The van der Waals surface area contributed by atoms with E-state index in [-0.39, 0.29) is 0 Å². The van der Waals surface area contributed by atoms with Crippen molar-refractivity contribution in [3.8, 4) is 0 Å². The van der Waals surface area contributed by atoms with Gasteiger partial charge in [-0.25, -0.2) is 0 Å². The molecule has 0 aliphatic carbocycles. The van der Waals surface area contributed by atoms with Gasteiger partial charge in [0.1, 0.15) is 0 Å². The van der Waals surface area contributed by atoms with Gasteiger partial charge in [0, 0.05) is 0 Å². The van der Waals surface area contributed by atoms with Crippen molar-refractivity contribution in [2.45, 2.75) is 135 Å². The van der Waals surface area contributed by atoms with Gasteiger partial charge in [0.05, 0.1) is 0 Å². The molecule has 0 amide bonds. The predicted molar refractivity (Wildman–Crippen MR) is 114 cm³/mol. The summed E-state index contributed by atoms with van der Waals surface area (Å²) in [6.45, 7) is 29.6. The average Bonchev–Trinajstić information content (AvgIpc) is 2.62. The zero-order chi connectivity index (χ0) is 19.4. The second-order valence-corrected chi connectivity index (χ2v) is 4.40. The Balaban J connectivity index is -0.0000000486. The Morgan fingerprint density at radius 3 is 1.05 bits per heavy atom. The summed E-state index contributed by atoms with van der Waals surface area (Å²) in [5.41, 5.74) is 0. The molecule has 0 bridgehead atoms. The number of hydrogen-bond acceptors (Lipinski definition) is 0. The van der Waals surface area contributed by atoms with Crippen LogP contribution < -0.4 is 0 Å². The van der Waals surface area contributed by atoms with Crippen LogP contribution >= 0.6 is 0 Å². The van der Waals surface area contributed by atoms with Gasteiger partial charge in [0.2, 0.25) is 0 Å².